The molecule has 0 aliphatic carbocycles. The van der Waals surface area contributed by atoms with Crippen LogP contribution in [0.3, 0.4) is 0 Å². The Morgan fingerprint density at radius 2 is 2.07 bits per heavy atom. The number of ether oxygens (including phenoxy) is 1. The highest BCUT2D eigenvalue weighted by Gasteiger charge is 2.26. The van der Waals surface area contributed by atoms with E-state index in [1.165, 1.54) is 0 Å². The van der Waals surface area contributed by atoms with Crippen LogP contribution in [-0.2, 0) is 4.74 Å². The smallest absolute Gasteiger partial charge is 0.287 e. The van der Waals surface area contributed by atoms with Gasteiger partial charge in [0, 0.05) is 35.6 Å². The molecule has 4 rings (SSSR count). The predicted octanol–water partition coefficient (Wildman–Crippen LogP) is 4.10. The summed E-state index contributed by atoms with van der Waals surface area (Å²) in [5.74, 6) is 0.898. The van der Waals surface area contributed by atoms with E-state index in [2.05, 4.69) is 10.2 Å². The number of rotatable bonds is 5. The molecule has 0 saturated carbocycles. The Bertz CT molecular complexity index is 974. The molecule has 0 unspecified atom stereocenters. The van der Waals surface area contributed by atoms with E-state index >= 15 is 0 Å². The number of carbonyl (C=O) groups is 1. The molecule has 1 aliphatic heterocycles. The fraction of sp³-hybridized carbons (Fsp3) is 0.381. The van der Waals surface area contributed by atoms with Gasteiger partial charge >= 0.3 is 0 Å². The fourth-order valence-corrected chi connectivity index (χ4v) is 3.77. The first-order valence-electron chi connectivity index (χ1n) is 9.37. The van der Waals surface area contributed by atoms with Gasteiger partial charge in [-0.05, 0) is 43.7 Å². The minimum atomic E-state index is -0.243. The molecule has 1 atom stereocenters. The van der Waals surface area contributed by atoms with Crippen molar-refractivity contribution in [3.05, 3.63) is 58.2 Å². The molecule has 3 heterocycles. The molecule has 3 aromatic rings. The summed E-state index contributed by atoms with van der Waals surface area (Å²) in [6.45, 7) is 7.14. The zero-order valence-corrected chi connectivity index (χ0v) is 16.7. The van der Waals surface area contributed by atoms with Gasteiger partial charge in [0.15, 0.2) is 5.76 Å². The van der Waals surface area contributed by atoms with Crippen molar-refractivity contribution >= 4 is 28.5 Å². The topological polar surface area (TPSA) is 67.9 Å². The Morgan fingerprint density at radius 1 is 1.29 bits per heavy atom. The van der Waals surface area contributed by atoms with Gasteiger partial charge in [-0.2, -0.15) is 0 Å². The minimum absolute atomic E-state index is 0.0516. The number of aryl methyl sites for hydroxylation is 2. The summed E-state index contributed by atoms with van der Waals surface area (Å²) in [4.78, 5) is 15.1. The lowest BCUT2D eigenvalue weighted by atomic mass is 10.1. The lowest BCUT2D eigenvalue weighted by molar-refractivity contribution is 0.0117. The van der Waals surface area contributed by atoms with Crippen LogP contribution < -0.4 is 5.32 Å². The molecule has 28 heavy (non-hydrogen) atoms. The highest BCUT2D eigenvalue weighted by Crippen LogP contribution is 2.30. The van der Waals surface area contributed by atoms with E-state index in [0.717, 1.165) is 35.4 Å². The summed E-state index contributed by atoms with van der Waals surface area (Å²) in [6, 6.07) is 7.45. The second-order valence-corrected chi connectivity index (χ2v) is 7.45. The number of nitrogens with one attached hydrogen (secondary N) is 1. The highest BCUT2D eigenvalue weighted by molar-refractivity contribution is 6.32. The molecule has 1 N–H and O–H groups in total. The Balaban J connectivity index is 1.53. The van der Waals surface area contributed by atoms with Crippen molar-refractivity contribution in [3.63, 3.8) is 0 Å². The second kappa shape index (κ2) is 7.99. The average molecular weight is 403 g/mol. The minimum Gasteiger partial charge on any atom is -0.468 e. The van der Waals surface area contributed by atoms with Crippen LogP contribution in [-0.4, -0.2) is 43.7 Å². The number of carbonyl (C=O) groups excluding carboxylic acids is 1. The van der Waals surface area contributed by atoms with Crippen molar-refractivity contribution in [2.24, 2.45) is 0 Å². The summed E-state index contributed by atoms with van der Waals surface area (Å²) in [5, 5.41) is 4.53. The van der Waals surface area contributed by atoms with E-state index in [-0.39, 0.29) is 11.9 Å². The maximum atomic E-state index is 12.9. The van der Waals surface area contributed by atoms with Crippen molar-refractivity contribution in [2.45, 2.75) is 19.9 Å². The van der Waals surface area contributed by atoms with Crippen molar-refractivity contribution in [2.75, 3.05) is 32.8 Å². The van der Waals surface area contributed by atoms with Crippen LogP contribution >= 0.6 is 11.6 Å². The Labute approximate surface area is 168 Å². The summed E-state index contributed by atoms with van der Waals surface area (Å²) >= 11 is 6.23. The van der Waals surface area contributed by atoms with Crippen molar-refractivity contribution in [1.29, 1.82) is 0 Å². The van der Waals surface area contributed by atoms with Gasteiger partial charge in [0.2, 0.25) is 0 Å². The number of hydrogen-bond acceptors (Lipinski definition) is 5. The molecule has 1 amide bonds. The van der Waals surface area contributed by atoms with Crippen LogP contribution in [0.25, 0.3) is 11.0 Å². The van der Waals surface area contributed by atoms with Crippen LogP contribution in [0.15, 0.2) is 39.4 Å². The van der Waals surface area contributed by atoms with E-state index in [1.807, 2.05) is 38.1 Å². The average Bonchev–Trinajstić information content (AvgIpc) is 3.33. The van der Waals surface area contributed by atoms with Gasteiger partial charge in [0.1, 0.15) is 11.3 Å². The third-order valence-corrected chi connectivity index (χ3v) is 5.64. The van der Waals surface area contributed by atoms with E-state index in [0.29, 0.717) is 36.1 Å². The van der Waals surface area contributed by atoms with Crippen molar-refractivity contribution in [3.8, 4) is 0 Å². The number of hydrogen-bond donors (Lipinski definition) is 1. The van der Waals surface area contributed by atoms with Gasteiger partial charge < -0.3 is 18.9 Å². The number of halogens is 1. The highest BCUT2D eigenvalue weighted by atomic mass is 35.5. The Kier molecular flexibility index (Phi) is 5.44. The fourth-order valence-electron chi connectivity index (χ4n) is 3.61. The van der Waals surface area contributed by atoms with Gasteiger partial charge in [-0.25, -0.2) is 0 Å². The molecule has 0 radical (unpaired) electrons. The number of morpholine rings is 1. The largest absolute Gasteiger partial charge is 0.468 e. The molecule has 1 fully saturated rings. The van der Waals surface area contributed by atoms with Crippen LogP contribution in [0.2, 0.25) is 5.02 Å². The first-order valence-corrected chi connectivity index (χ1v) is 9.75. The molecule has 1 saturated heterocycles. The summed E-state index contributed by atoms with van der Waals surface area (Å²) in [6.07, 6.45) is 1.65. The van der Waals surface area contributed by atoms with Gasteiger partial charge in [-0.15, -0.1) is 0 Å². The summed E-state index contributed by atoms with van der Waals surface area (Å²) in [7, 11) is 0. The summed E-state index contributed by atoms with van der Waals surface area (Å²) in [5.41, 5.74) is 2.37. The quantitative estimate of drug-likeness (QED) is 0.695. The maximum absolute atomic E-state index is 12.9. The Hall–Kier alpha value is -2.28. The number of nitrogens with zero attached hydrogens (tertiary/aromatic N) is 1. The monoisotopic (exact) mass is 402 g/mol. The zero-order chi connectivity index (χ0) is 19.7. The van der Waals surface area contributed by atoms with Gasteiger partial charge in [0.25, 0.3) is 5.91 Å². The molecule has 1 aromatic carbocycles. The lowest BCUT2D eigenvalue weighted by Crippen LogP contribution is -2.43. The first kappa shape index (κ1) is 19.1. The van der Waals surface area contributed by atoms with E-state index in [4.69, 9.17) is 25.2 Å². The van der Waals surface area contributed by atoms with E-state index < -0.39 is 0 Å². The molecular weight excluding hydrogens is 380 g/mol. The summed E-state index contributed by atoms with van der Waals surface area (Å²) < 4.78 is 16.9. The van der Waals surface area contributed by atoms with Crippen molar-refractivity contribution < 1.29 is 18.4 Å². The van der Waals surface area contributed by atoms with Crippen LogP contribution in [0.4, 0.5) is 0 Å². The predicted molar refractivity (Wildman–Crippen MR) is 107 cm³/mol. The lowest BCUT2D eigenvalue weighted by Gasteiger charge is -2.33. The third-order valence-electron chi connectivity index (χ3n) is 5.24. The SMILES string of the molecule is Cc1cc2oc(C(=O)NC[C@H](c3ccco3)N3CCOCC3)c(C)c2cc1Cl. The molecule has 7 heteroatoms. The van der Waals surface area contributed by atoms with Gasteiger partial charge in [0.05, 0.1) is 25.5 Å². The third kappa shape index (κ3) is 3.68. The van der Waals surface area contributed by atoms with Gasteiger partial charge in [-0.1, -0.05) is 11.6 Å². The molecule has 2 aromatic heterocycles. The number of amides is 1. The number of fused-ring (bicyclic) bond motifs is 1. The Morgan fingerprint density at radius 3 is 2.79 bits per heavy atom. The molecule has 0 spiro atoms. The van der Waals surface area contributed by atoms with Crippen LogP contribution in [0, 0.1) is 13.8 Å². The van der Waals surface area contributed by atoms with Crippen LogP contribution in [0.1, 0.15) is 33.5 Å². The van der Waals surface area contributed by atoms with Gasteiger partial charge in [-0.3, -0.25) is 9.69 Å². The van der Waals surface area contributed by atoms with Crippen molar-refractivity contribution in [1.82, 2.24) is 10.2 Å². The van der Waals surface area contributed by atoms with E-state index in [1.54, 1.807) is 6.26 Å². The number of benzene rings is 1. The van der Waals surface area contributed by atoms with Crippen LogP contribution in [0.5, 0.6) is 0 Å². The molecule has 0 bridgehead atoms. The first-order chi connectivity index (χ1) is 13.5. The standard InChI is InChI=1S/C21H23ClN2O4/c1-13-10-19-15(11-16(13)22)14(2)20(28-19)21(25)23-12-17(18-4-3-7-27-18)24-5-8-26-9-6-24/h3-4,7,10-11,17H,5-6,8-9,12H2,1-2H3,(H,23,25)/t17-/m1/s1. The molecule has 148 valence electrons. The number of furan rings is 2. The molecular formula is C21H23ClN2O4. The zero-order valence-electron chi connectivity index (χ0n) is 16.0. The van der Waals surface area contributed by atoms with E-state index in [9.17, 15) is 4.79 Å². The normalized spacial score (nSPS) is 16.4. The maximum Gasteiger partial charge on any atom is 0.287 e. The molecule has 1 aliphatic rings. The molecule has 6 nitrogen and oxygen atoms in total. The second-order valence-electron chi connectivity index (χ2n) is 7.04.